The van der Waals surface area contributed by atoms with E-state index >= 15 is 0 Å². The van der Waals surface area contributed by atoms with Gasteiger partial charge in [0.1, 0.15) is 0 Å². The molecule has 0 bridgehead atoms. The Bertz CT molecular complexity index is 506. The number of nitrogens with one attached hydrogen (secondary N) is 1. The first kappa shape index (κ1) is 21.2. The van der Waals surface area contributed by atoms with Crippen molar-refractivity contribution in [1.29, 1.82) is 0 Å². The second kappa shape index (κ2) is 9.62. The Morgan fingerprint density at radius 2 is 1.83 bits per heavy atom. The van der Waals surface area contributed by atoms with Gasteiger partial charge in [-0.05, 0) is 37.8 Å². The number of amides is 1. The lowest BCUT2D eigenvalue weighted by Gasteiger charge is -2.35. The maximum absolute atomic E-state index is 12.4. The van der Waals surface area contributed by atoms with E-state index in [0.29, 0.717) is 0 Å². The first-order valence-electron chi connectivity index (χ1n) is 8.52. The van der Waals surface area contributed by atoms with Crippen LogP contribution in [0.5, 0.6) is 0 Å². The molecule has 24 heavy (non-hydrogen) atoms. The number of nitrogens with two attached hydrogens (primary N) is 1. The zero-order valence-electron chi connectivity index (χ0n) is 14.1. The summed E-state index contributed by atoms with van der Waals surface area (Å²) in [6.07, 6.45) is 6.02. The number of rotatable bonds is 4. The molecular formula is C18H29Cl2N3O. The SMILES string of the molecule is Cl.Cl.NC1(C(=O)NC2CCCN(Cc3ccccc3)C2)CCCC1. The molecule has 3 rings (SSSR count). The summed E-state index contributed by atoms with van der Waals surface area (Å²) in [7, 11) is 0. The van der Waals surface area contributed by atoms with Crippen molar-refractivity contribution in [3.63, 3.8) is 0 Å². The van der Waals surface area contributed by atoms with Gasteiger partial charge in [-0.15, -0.1) is 24.8 Å². The van der Waals surface area contributed by atoms with Gasteiger partial charge in [-0.1, -0.05) is 43.2 Å². The van der Waals surface area contributed by atoms with E-state index in [9.17, 15) is 4.79 Å². The predicted octanol–water partition coefficient (Wildman–Crippen LogP) is 2.88. The van der Waals surface area contributed by atoms with Crippen LogP contribution < -0.4 is 11.1 Å². The molecule has 2 aliphatic rings. The van der Waals surface area contributed by atoms with Crippen molar-refractivity contribution in [2.24, 2.45) is 5.73 Å². The van der Waals surface area contributed by atoms with Crippen LogP contribution in [0, 0.1) is 0 Å². The molecule has 0 aromatic heterocycles. The largest absolute Gasteiger partial charge is 0.350 e. The summed E-state index contributed by atoms with van der Waals surface area (Å²) in [6.45, 7) is 2.99. The fourth-order valence-corrected chi connectivity index (χ4v) is 3.72. The molecule has 6 heteroatoms. The van der Waals surface area contributed by atoms with E-state index in [1.807, 2.05) is 6.07 Å². The monoisotopic (exact) mass is 373 g/mol. The third-order valence-corrected chi connectivity index (χ3v) is 5.04. The Balaban J connectivity index is 0.00000144. The number of halogens is 2. The van der Waals surface area contributed by atoms with E-state index in [1.165, 1.54) is 5.56 Å². The maximum Gasteiger partial charge on any atom is 0.240 e. The summed E-state index contributed by atoms with van der Waals surface area (Å²) >= 11 is 0. The number of hydrogen-bond donors (Lipinski definition) is 2. The Hall–Kier alpha value is -0.810. The predicted molar refractivity (Wildman–Crippen MR) is 103 cm³/mol. The van der Waals surface area contributed by atoms with Gasteiger partial charge in [-0.25, -0.2) is 0 Å². The molecule has 0 radical (unpaired) electrons. The van der Waals surface area contributed by atoms with Gasteiger partial charge in [0, 0.05) is 19.1 Å². The topological polar surface area (TPSA) is 58.4 Å². The highest BCUT2D eigenvalue weighted by Crippen LogP contribution is 2.27. The summed E-state index contributed by atoms with van der Waals surface area (Å²) in [4.78, 5) is 14.9. The molecule has 1 heterocycles. The highest BCUT2D eigenvalue weighted by molar-refractivity contribution is 5.86. The molecule has 1 unspecified atom stereocenters. The molecular weight excluding hydrogens is 345 g/mol. The van der Waals surface area contributed by atoms with Crippen molar-refractivity contribution in [2.75, 3.05) is 13.1 Å². The third kappa shape index (κ3) is 5.35. The van der Waals surface area contributed by atoms with Gasteiger partial charge in [0.05, 0.1) is 5.54 Å². The number of carbonyl (C=O) groups is 1. The number of likely N-dealkylation sites (tertiary alicyclic amines) is 1. The first-order chi connectivity index (χ1) is 10.7. The van der Waals surface area contributed by atoms with Gasteiger partial charge in [-0.3, -0.25) is 9.69 Å². The number of nitrogens with zero attached hydrogens (tertiary/aromatic N) is 1. The highest BCUT2D eigenvalue weighted by atomic mass is 35.5. The summed E-state index contributed by atoms with van der Waals surface area (Å²) in [5, 5.41) is 3.21. The van der Waals surface area contributed by atoms with Crippen LogP contribution in [0.1, 0.15) is 44.1 Å². The van der Waals surface area contributed by atoms with Crippen LogP contribution in [-0.2, 0) is 11.3 Å². The molecule has 4 nitrogen and oxygen atoms in total. The summed E-state index contributed by atoms with van der Waals surface area (Å²) < 4.78 is 0. The van der Waals surface area contributed by atoms with Crippen LogP contribution in [0.2, 0.25) is 0 Å². The van der Waals surface area contributed by atoms with Gasteiger partial charge >= 0.3 is 0 Å². The van der Waals surface area contributed by atoms with E-state index in [-0.39, 0.29) is 36.8 Å². The quantitative estimate of drug-likeness (QED) is 0.852. The number of carbonyl (C=O) groups excluding carboxylic acids is 1. The van der Waals surface area contributed by atoms with Crippen molar-refractivity contribution in [3.8, 4) is 0 Å². The summed E-state index contributed by atoms with van der Waals surface area (Å²) in [5.41, 5.74) is 6.98. The minimum absolute atomic E-state index is 0. The van der Waals surface area contributed by atoms with Crippen LogP contribution in [0.15, 0.2) is 30.3 Å². The molecule has 1 aliphatic heterocycles. The minimum atomic E-state index is -0.609. The molecule has 1 atom stereocenters. The molecule has 1 aromatic carbocycles. The van der Waals surface area contributed by atoms with Crippen molar-refractivity contribution in [1.82, 2.24) is 10.2 Å². The number of piperidine rings is 1. The standard InChI is InChI=1S/C18H27N3O.2ClH/c19-18(10-4-5-11-18)17(22)20-16-9-6-12-21(14-16)13-15-7-2-1-3-8-15;;/h1-3,7-8,16H,4-6,9-14,19H2,(H,20,22);2*1H. The zero-order chi connectivity index (χ0) is 15.4. The molecule has 1 aromatic rings. The van der Waals surface area contributed by atoms with E-state index in [4.69, 9.17) is 5.73 Å². The van der Waals surface area contributed by atoms with Crippen LogP contribution in [0.3, 0.4) is 0 Å². The Kier molecular flexibility index (Phi) is 8.51. The second-order valence-electron chi connectivity index (χ2n) is 6.90. The van der Waals surface area contributed by atoms with Gasteiger partial charge < -0.3 is 11.1 Å². The van der Waals surface area contributed by atoms with Crippen molar-refractivity contribution < 1.29 is 4.79 Å². The molecule has 1 saturated carbocycles. The molecule has 136 valence electrons. The van der Waals surface area contributed by atoms with Crippen LogP contribution >= 0.6 is 24.8 Å². The maximum atomic E-state index is 12.4. The molecule has 1 aliphatic carbocycles. The Morgan fingerprint density at radius 3 is 2.50 bits per heavy atom. The average Bonchev–Trinajstić information content (AvgIpc) is 2.97. The van der Waals surface area contributed by atoms with Crippen LogP contribution in [0.4, 0.5) is 0 Å². The molecule has 1 amide bonds. The lowest BCUT2D eigenvalue weighted by atomic mass is 9.96. The normalized spacial score (nSPS) is 23.0. The second-order valence-corrected chi connectivity index (χ2v) is 6.90. The molecule has 3 N–H and O–H groups in total. The zero-order valence-corrected chi connectivity index (χ0v) is 15.7. The van der Waals surface area contributed by atoms with Crippen molar-refractivity contribution >= 4 is 30.7 Å². The van der Waals surface area contributed by atoms with Crippen LogP contribution in [-0.4, -0.2) is 35.5 Å². The van der Waals surface area contributed by atoms with Crippen LogP contribution in [0.25, 0.3) is 0 Å². The molecule has 0 spiro atoms. The smallest absolute Gasteiger partial charge is 0.240 e. The lowest BCUT2D eigenvalue weighted by Crippen LogP contribution is -2.57. The molecule has 1 saturated heterocycles. The number of benzene rings is 1. The van der Waals surface area contributed by atoms with Gasteiger partial charge in [0.2, 0.25) is 5.91 Å². The fourth-order valence-electron chi connectivity index (χ4n) is 3.72. The van der Waals surface area contributed by atoms with E-state index < -0.39 is 5.54 Å². The Morgan fingerprint density at radius 1 is 1.17 bits per heavy atom. The summed E-state index contributed by atoms with van der Waals surface area (Å²) in [5.74, 6) is 0.0663. The van der Waals surface area contributed by atoms with Crippen molar-refractivity contribution in [3.05, 3.63) is 35.9 Å². The van der Waals surface area contributed by atoms with E-state index in [0.717, 1.165) is 58.2 Å². The van der Waals surface area contributed by atoms with Gasteiger partial charge in [-0.2, -0.15) is 0 Å². The summed E-state index contributed by atoms with van der Waals surface area (Å²) in [6, 6.07) is 10.8. The van der Waals surface area contributed by atoms with Gasteiger partial charge in [0.15, 0.2) is 0 Å². The van der Waals surface area contributed by atoms with E-state index in [1.54, 1.807) is 0 Å². The minimum Gasteiger partial charge on any atom is -0.350 e. The van der Waals surface area contributed by atoms with Gasteiger partial charge in [0.25, 0.3) is 0 Å². The number of hydrogen-bond acceptors (Lipinski definition) is 3. The third-order valence-electron chi connectivity index (χ3n) is 5.04. The lowest BCUT2D eigenvalue weighted by molar-refractivity contribution is -0.127. The fraction of sp³-hybridized carbons (Fsp3) is 0.611. The molecule has 2 fully saturated rings. The first-order valence-corrected chi connectivity index (χ1v) is 8.52. The highest BCUT2D eigenvalue weighted by Gasteiger charge is 2.38. The Labute approximate surface area is 157 Å². The van der Waals surface area contributed by atoms with E-state index in [2.05, 4.69) is 34.5 Å². The van der Waals surface area contributed by atoms with Crippen molar-refractivity contribution in [2.45, 2.75) is 56.7 Å². The average molecular weight is 374 g/mol.